The third-order valence-corrected chi connectivity index (χ3v) is 5.99. The van der Waals surface area contributed by atoms with E-state index in [2.05, 4.69) is 52.1 Å². The molecule has 0 unspecified atom stereocenters. The van der Waals surface area contributed by atoms with Gasteiger partial charge in [0.05, 0.1) is 16.4 Å². The average molecular weight is 431 g/mol. The van der Waals surface area contributed by atoms with E-state index in [9.17, 15) is 0 Å². The summed E-state index contributed by atoms with van der Waals surface area (Å²) in [6.07, 6.45) is 9.83. The van der Waals surface area contributed by atoms with Crippen molar-refractivity contribution in [1.29, 1.82) is 5.41 Å². The predicted molar refractivity (Wildman–Crippen MR) is 133 cm³/mol. The van der Waals surface area contributed by atoms with Gasteiger partial charge in [0.15, 0.2) is 0 Å². The third-order valence-electron chi connectivity index (χ3n) is 4.95. The lowest BCUT2D eigenvalue weighted by Gasteiger charge is -2.09. The summed E-state index contributed by atoms with van der Waals surface area (Å²) >= 11 is 1.77. The van der Waals surface area contributed by atoms with Gasteiger partial charge < -0.3 is 5.43 Å². The van der Waals surface area contributed by atoms with Crippen LogP contribution in [0.2, 0.25) is 0 Å². The first kappa shape index (κ1) is 22.6. The van der Waals surface area contributed by atoms with Crippen molar-refractivity contribution in [3.63, 3.8) is 0 Å². The molecule has 0 aliphatic rings. The molecular weight excluding hydrogens is 400 g/mol. The lowest BCUT2D eigenvalue weighted by molar-refractivity contribution is 0.736. The number of hydrazone groups is 1. The quantitative estimate of drug-likeness (QED) is 0.219. The Bertz CT molecular complexity index is 1030. The minimum Gasteiger partial charge on any atom is -0.312 e. The number of aryl methyl sites for hydroxylation is 2. The second-order valence-corrected chi connectivity index (χ2v) is 8.23. The number of unbranched alkanes of at least 4 members (excludes halogenated alkanes) is 2. The SMILES string of the molecule is CCc1nc(CCCC/C=C/c2cccc(/C(=N/NC)C(=N)c3ccccc3)c2)cs1. The van der Waals surface area contributed by atoms with Gasteiger partial charge in [-0.1, -0.05) is 67.6 Å². The minimum atomic E-state index is 0.407. The van der Waals surface area contributed by atoms with Crippen molar-refractivity contribution in [1.82, 2.24) is 10.4 Å². The lowest BCUT2D eigenvalue weighted by Crippen LogP contribution is -2.19. The largest absolute Gasteiger partial charge is 0.312 e. The highest BCUT2D eigenvalue weighted by molar-refractivity contribution is 7.09. The second kappa shape index (κ2) is 12.0. The molecule has 0 bridgehead atoms. The van der Waals surface area contributed by atoms with Crippen molar-refractivity contribution < 1.29 is 0 Å². The molecule has 5 heteroatoms. The summed E-state index contributed by atoms with van der Waals surface area (Å²) in [5, 5.41) is 16.4. The Morgan fingerprint density at radius 3 is 2.65 bits per heavy atom. The molecular formula is C26H30N4S. The van der Waals surface area contributed by atoms with Crippen molar-refractivity contribution >= 4 is 28.8 Å². The molecule has 0 saturated carbocycles. The molecule has 0 spiro atoms. The van der Waals surface area contributed by atoms with Crippen molar-refractivity contribution in [2.75, 3.05) is 7.05 Å². The maximum atomic E-state index is 8.60. The van der Waals surface area contributed by atoms with Crippen molar-refractivity contribution in [3.8, 4) is 0 Å². The monoisotopic (exact) mass is 430 g/mol. The van der Waals surface area contributed by atoms with Crippen LogP contribution in [0.15, 0.2) is 71.2 Å². The normalized spacial score (nSPS) is 11.7. The van der Waals surface area contributed by atoms with E-state index < -0.39 is 0 Å². The molecule has 0 fully saturated rings. The van der Waals surface area contributed by atoms with Gasteiger partial charge in [-0.15, -0.1) is 11.3 Å². The Balaban J connectivity index is 1.58. The summed E-state index contributed by atoms with van der Waals surface area (Å²) in [6.45, 7) is 2.15. The Kier molecular flexibility index (Phi) is 8.73. The highest BCUT2D eigenvalue weighted by Gasteiger charge is 2.12. The van der Waals surface area contributed by atoms with E-state index in [1.807, 2.05) is 42.5 Å². The Labute approximate surface area is 189 Å². The molecule has 1 heterocycles. The molecule has 3 rings (SSSR count). The van der Waals surface area contributed by atoms with Gasteiger partial charge in [0.25, 0.3) is 0 Å². The van der Waals surface area contributed by atoms with E-state index in [4.69, 9.17) is 5.41 Å². The first-order valence-electron chi connectivity index (χ1n) is 10.8. The standard InChI is InChI=1S/C26H30N4S/c1-3-24-29-23(19-31-24)17-10-5-4-7-12-20-13-11-16-22(18-20)26(30-28-2)25(27)21-14-8-6-9-15-21/h6-9,11-16,18-19,27-28H,3-5,10,17H2,1-2H3/b12-7+,27-25?,30-26-. The number of nitrogens with one attached hydrogen (secondary N) is 2. The summed E-state index contributed by atoms with van der Waals surface area (Å²) in [7, 11) is 1.76. The van der Waals surface area contributed by atoms with E-state index in [0.29, 0.717) is 11.4 Å². The van der Waals surface area contributed by atoms with Crippen LogP contribution in [-0.4, -0.2) is 23.5 Å². The molecule has 0 radical (unpaired) electrons. The van der Waals surface area contributed by atoms with Gasteiger partial charge >= 0.3 is 0 Å². The molecule has 0 aliphatic carbocycles. The van der Waals surface area contributed by atoms with Gasteiger partial charge in [-0.3, -0.25) is 5.41 Å². The fourth-order valence-corrected chi connectivity index (χ4v) is 4.10. The maximum Gasteiger partial charge on any atom is 0.116 e. The summed E-state index contributed by atoms with van der Waals surface area (Å²) in [6, 6.07) is 17.9. The first-order chi connectivity index (χ1) is 15.2. The van der Waals surface area contributed by atoms with Crippen molar-refractivity contribution in [2.45, 2.75) is 39.0 Å². The van der Waals surface area contributed by atoms with Gasteiger partial charge in [0.1, 0.15) is 5.71 Å². The molecule has 0 aliphatic heterocycles. The van der Waals surface area contributed by atoms with Crippen molar-refractivity contribution in [3.05, 3.63) is 93.4 Å². The first-order valence-corrected chi connectivity index (χ1v) is 11.7. The number of hydrogen-bond donors (Lipinski definition) is 2. The summed E-state index contributed by atoms with van der Waals surface area (Å²) in [4.78, 5) is 4.64. The number of aromatic nitrogens is 1. The fourth-order valence-electron chi connectivity index (χ4n) is 3.32. The molecule has 2 aromatic carbocycles. The van der Waals surface area contributed by atoms with Gasteiger partial charge in [0.2, 0.25) is 0 Å². The Hall–Kier alpha value is -3.05. The number of allylic oxidation sites excluding steroid dienone is 1. The topological polar surface area (TPSA) is 61.1 Å². The smallest absolute Gasteiger partial charge is 0.116 e. The van der Waals surface area contributed by atoms with E-state index in [0.717, 1.165) is 48.8 Å². The number of nitrogens with zero attached hydrogens (tertiary/aromatic N) is 2. The Morgan fingerprint density at radius 2 is 1.90 bits per heavy atom. The van der Waals surface area contributed by atoms with Crippen LogP contribution < -0.4 is 5.43 Å². The van der Waals surface area contributed by atoms with Crippen LogP contribution in [-0.2, 0) is 12.8 Å². The average Bonchev–Trinajstić information content (AvgIpc) is 3.28. The summed E-state index contributed by atoms with van der Waals surface area (Å²) in [5.74, 6) is 0. The van der Waals surface area contributed by atoms with Crippen LogP contribution in [0.4, 0.5) is 0 Å². The molecule has 1 aromatic heterocycles. The molecule has 3 aromatic rings. The molecule has 31 heavy (non-hydrogen) atoms. The van der Waals surface area contributed by atoms with Crippen LogP contribution in [0.1, 0.15) is 53.6 Å². The number of benzene rings is 2. The predicted octanol–water partition coefficient (Wildman–Crippen LogP) is 6.12. The lowest BCUT2D eigenvalue weighted by atomic mass is 9.98. The molecule has 0 amide bonds. The van der Waals surface area contributed by atoms with Crippen LogP contribution in [0.3, 0.4) is 0 Å². The molecule has 0 atom stereocenters. The van der Waals surface area contributed by atoms with Gasteiger partial charge in [-0.25, -0.2) is 4.98 Å². The second-order valence-electron chi connectivity index (χ2n) is 7.28. The molecule has 4 nitrogen and oxygen atoms in total. The molecule has 2 N–H and O–H groups in total. The number of rotatable bonds is 11. The van der Waals surface area contributed by atoms with Crippen LogP contribution in [0.25, 0.3) is 6.08 Å². The van der Waals surface area contributed by atoms with Crippen molar-refractivity contribution in [2.24, 2.45) is 5.10 Å². The summed E-state index contributed by atoms with van der Waals surface area (Å²) < 4.78 is 0. The fraction of sp³-hybridized carbons (Fsp3) is 0.269. The molecule has 160 valence electrons. The number of thiazole rings is 1. The maximum absolute atomic E-state index is 8.60. The minimum absolute atomic E-state index is 0.407. The zero-order valence-electron chi connectivity index (χ0n) is 18.3. The van der Waals surface area contributed by atoms with E-state index >= 15 is 0 Å². The van der Waals surface area contributed by atoms with Gasteiger partial charge in [-0.05, 0) is 43.7 Å². The highest BCUT2D eigenvalue weighted by atomic mass is 32.1. The zero-order chi connectivity index (χ0) is 21.9. The highest BCUT2D eigenvalue weighted by Crippen LogP contribution is 2.15. The van der Waals surface area contributed by atoms with Gasteiger partial charge in [0, 0.05) is 23.6 Å². The van der Waals surface area contributed by atoms with Crippen LogP contribution in [0, 0.1) is 5.41 Å². The summed E-state index contributed by atoms with van der Waals surface area (Å²) in [5.41, 5.74) is 8.02. The van der Waals surface area contributed by atoms with Gasteiger partial charge in [-0.2, -0.15) is 5.10 Å². The zero-order valence-corrected chi connectivity index (χ0v) is 19.1. The molecule has 0 saturated heterocycles. The van der Waals surface area contributed by atoms with E-state index in [1.165, 1.54) is 10.7 Å². The van der Waals surface area contributed by atoms with E-state index in [-0.39, 0.29) is 0 Å². The van der Waals surface area contributed by atoms with E-state index in [1.54, 1.807) is 18.4 Å². The Morgan fingerprint density at radius 1 is 1.10 bits per heavy atom. The van der Waals surface area contributed by atoms with Crippen LogP contribution >= 0.6 is 11.3 Å². The van der Waals surface area contributed by atoms with Crippen LogP contribution in [0.5, 0.6) is 0 Å². The number of hydrogen-bond acceptors (Lipinski definition) is 5. The third kappa shape index (κ3) is 6.72.